The second-order valence-corrected chi connectivity index (χ2v) is 15.8. The van der Waals surface area contributed by atoms with Crippen molar-refractivity contribution in [2.45, 2.75) is 0 Å². The first-order chi connectivity index (χ1) is 30.7. The number of hydrogen-bond acceptors (Lipinski definition) is 2. The van der Waals surface area contributed by atoms with Gasteiger partial charge < -0.3 is 9.13 Å². The van der Waals surface area contributed by atoms with E-state index in [1.54, 1.807) is 0 Å². The molecule has 0 atom stereocenters. The lowest BCUT2D eigenvalue weighted by molar-refractivity contribution is 1.14. The zero-order chi connectivity index (χ0) is 41.0. The van der Waals surface area contributed by atoms with Gasteiger partial charge in [-0.2, -0.15) is 0 Å². The molecule has 0 aliphatic rings. The van der Waals surface area contributed by atoms with E-state index < -0.39 is 0 Å². The quantitative estimate of drug-likeness (QED) is 0.161. The van der Waals surface area contributed by atoms with Gasteiger partial charge in [0.15, 0.2) is 5.82 Å². The van der Waals surface area contributed by atoms with E-state index >= 15 is 0 Å². The number of hydrogen-bond donors (Lipinski definition) is 0. The lowest BCUT2D eigenvalue weighted by Gasteiger charge is -2.14. The smallest absolute Gasteiger partial charge is 0.160 e. The molecule has 3 aromatic heterocycles. The average Bonchev–Trinajstić information content (AvgIpc) is 3.88. The van der Waals surface area contributed by atoms with Gasteiger partial charge in [-0.15, -0.1) is 0 Å². The van der Waals surface area contributed by atoms with Crippen LogP contribution in [0.15, 0.2) is 231 Å². The van der Waals surface area contributed by atoms with Gasteiger partial charge in [0.1, 0.15) is 0 Å². The Morgan fingerprint density at radius 2 is 0.645 bits per heavy atom. The number of aromatic nitrogens is 4. The van der Waals surface area contributed by atoms with Crippen LogP contribution in [0.25, 0.3) is 111 Å². The first-order valence-electron chi connectivity index (χ1n) is 21.1. The van der Waals surface area contributed by atoms with Crippen LogP contribution in [0.5, 0.6) is 0 Å². The van der Waals surface area contributed by atoms with Crippen LogP contribution in [0.1, 0.15) is 0 Å². The Morgan fingerprint density at radius 3 is 1.13 bits per heavy atom. The lowest BCUT2D eigenvalue weighted by Crippen LogP contribution is -1.99. The van der Waals surface area contributed by atoms with Crippen molar-refractivity contribution in [1.29, 1.82) is 0 Å². The maximum absolute atomic E-state index is 5.12. The molecule has 0 fully saturated rings. The molecule has 0 radical (unpaired) electrons. The van der Waals surface area contributed by atoms with Crippen molar-refractivity contribution in [3.63, 3.8) is 0 Å². The molecule has 9 aromatic carbocycles. The maximum atomic E-state index is 5.12. The number of fused-ring (bicyclic) bond motifs is 7. The molecule has 0 N–H and O–H groups in total. The number of para-hydroxylation sites is 2. The van der Waals surface area contributed by atoms with Gasteiger partial charge in [0.25, 0.3) is 0 Å². The highest BCUT2D eigenvalue weighted by atomic mass is 15.0. The molecule has 0 spiro atoms. The van der Waals surface area contributed by atoms with Crippen LogP contribution in [0, 0.1) is 0 Å². The molecule has 0 bridgehead atoms. The summed E-state index contributed by atoms with van der Waals surface area (Å²) >= 11 is 0. The first kappa shape index (κ1) is 35.6. The number of benzene rings is 9. The summed E-state index contributed by atoms with van der Waals surface area (Å²) in [5, 5.41) is 4.86. The monoisotopic (exact) mass is 790 g/mol. The van der Waals surface area contributed by atoms with Gasteiger partial charge in [0, 0.05) is 49.6 Å². The maximum Gasteiger partial charge on any atom is 0.160 e. The summed E-state index contributed by atoms with van der Waals surface area (Å²) in [6.45, 7) is 0. The summed E-state index contributed by atoms with van der Waals surface area (Å²) in [5.41, 5.74) is 16.5. The Balaban J connectivity index is 1.02. The van der Waals surface area contributed by atoms with Crippen molar-refractivity contribution in [1.82, 2.24) is 19.1 Å². The van der Waals surface area contributed by atoms with Crippen molar-refractivity contribution in [2.24, 2.45) is 0 Å². The predicted octanol–water partition coefficient (Wildman–Crippen LogP) is 15.0. The lowest BCUT2D eigenvalue weighted by atomic mass is 9.99. The highest BCUT2D eigenvalue weighted by Gasteiger charge is 2.21. The van der Waals surface area contributed by atoms with Crippen molar-refractivity contribution in [2.75, 3.05) is 0 Å². The summed E-state index contributed by atoms with van der Waals surface area (Å²) in [6, 6.07) is 82.1. The third kappa shape index (κ3) is 6.00. The molecule has 12 rings (SSSR count). The Hall–Kier alpha value is -8.34. The molecular weight excluding hydrogens is 753 g/mol. The van der Waals surface area contributed by atoms with Crippen LogP contribution in [-0.4, -0.2) is 19.1 Å². The van der Waals surface area contributed by atoms with Crippen LogP contribution in [0.2, 0.25) is 0 Å². The highest BCUT2D eigenvalue weighted by Crippen LogP contribution is 2.42. The van der Waals surface area contributed by atoms with Crippen LogP contribution < -0.4 is 0 Å². The van der Waals surface area contributed by atoms with Gasteiger partial charge in [-0.1, -0.05) is 170 Å². The summed E-state index contributed by atoms with van der Waals surface area (Å²) in [6.07, 6.45) is 0. The molecule has 4 heteroatoms. The molecule has 0 saturated heterocycles. The first-order valence-corrected chi connectivity index (χ1v) is 21.1. The summed E-state index contributed by atoms with van der Waals surface area (Å²) in [4.78, 5) is 10.2. The molecule has 0 aliphatic heterocycles. The molecule has 0 aliphatic carbocycles. The number of nitrogens with zero attached hydrogens (tertiary/aromatic N) is 4. The zero-order valence-corrected chi connectivity index (χ0v) is 33.7. The summed E-state index contributed by atoms with van der Waals surface area (Å²) in [5.74, 6) is 0.691. The highest BCUT2D eigenvalue weighted by molar-refractivity contribution is 6.23. The molecule has 4 nitrogen and oxygen atoms in total. The van der Waals surface area contributed by atoms with Crippen molar-refractivity contribution < 1.29 is 0 Å². The van der Waals surface area contributed by atoms with Gasteiger partial charge in [0.2, 0.25) is 0 Å². The Morgan fingerprint density at radius 1 is 0.258 bits per heavy atom. The topological polar surface area (TPSA) is 35.6 Å². The van der Waals surface area contributed by atoms with Gasteiger partial charge in [0.05, 0.1) is 33.5 Å². The molecule has 0 amide bonds. The molecule has 0 unspecified atom stereocenters. The van der Waals surface area contributed by atoms with Gasteiger partial charge >= 0.3 is 0 Å². The standard InChI is InChI=1S/C58H38N4/c1-4-15-39(16-5-1)44-21-14-22-45(37-44)40-27-31-46(32-28-40)61-54-25-12-10-23-48(54)50-35-36-51-49-24-11-13-26-55(49)62(57(51)56(50)61)47-33-29-43(30-34-47)58-59-52(41-17-6-2-7-18-41)38-53(60-58)42-19-8-3-9-20-42/h1-38H. The van der Waals surface area contributed by atoms with E-state index in [1.807, 2.05) is 12.1 Å². The van der Waals surface area contributed by atoms with Crippen LogP contribution >= 0.6 is 0 Å². The van der Waals surface area contributed by atoms with E-state index in [9.17, 15) is 0 Å². The van der Waals surface area contributed by atoms with Crippen LogP contribution in [0.3, 0.4) is 0 Å². The van der Waals surface area contributed by atoms with E-state index in [4.69, 9.17) is 9.97 Å². The van der Waals surface area contributed by atoms with E-state index in [1.165, 1.54) is 60.3 Å². The Kier molecular flexibility index (Phi) is 8.46. The number of rotatable bonds is 7. The minimum Gasteiger partial charge on any atom is -0.307 e. The van der Waals surface area contributed by atoms with Gasteiger partial charge in [-0.25, -0.2) is 9.97 Å². The van der Waals surface area contributed by atoms with E-state index in [-0.39, 0.29) is 0 Å². The van der Waals surface area contributed by atoms with Crippen molar-refractivity contribution >= 4 is 43.6 Å². The largest absolute Gasteiger partial charge is 0.307 e. The molecule has 3 heterocycles. The fourth-order valence-electron chi connectivity index (χ4n) is 9.20. The van der Waals surface area contributed by atoms with Crippen LogP contribution in [0.4, 0.5) is 0 Å². The van der Waals surface area contributed by atoms with Crippen molar-refractivity contribution in [3.05, 3.63) is 231 Å². The van der Waals surface area contributed by atoms with Crippen LogP contribution in [-0.2, 0) is 0 Å². The SMILES string of the molecule is c1ccc(-c2cccc(-c3ccc(-n4c5ccccc5c5ccc6c7ccccc7n(-c7ccc(-c8nc(-c9ccccc9)cc(-c9ccccc9)n8)cc7)c6c54)cc3)c2)cc1. The third-order valence-corrected chi connectivity index (χ3v) is 12.1. The molecule has 12 aromatic rings. The zero-order valence-electron chi connectivity index (χ0n) is 33.7. The molecule has 62 heavy (non-hydrogen) atoms. The van der Waals surface area contributed by atoms with E-state index in [0.29, 0.717) is 5.82 Å². The van der Waals surface area contributed by atoms with Gasteiger partial charge in [-0.3, -0.25) is 0 Å². The molecule has 0 saturated carbocycles. The van der Waals surface area contributed by atoms with Gasteiger partial charge in [-0.05, 0) is 82.9 Å². The van der Waals surface area contributed by atoms with E-state index in [0.717, 1.165) is 45.0 Å². The summed E-state index contributed by atoms with van der Waals surface area (Å²) < 4.78 is 4.89. The van der Waals surface area contributed by atoms with E-state index in [2.05, 4.69) is 228 Å². The fourth-order valence-corrected chi connectivity index (χ4v) is 9.20. The minimum absolute atomic E-state index is 0.691. The minimum atomic E-state index is 0.691. The second-order valence-electron chi connectivity index (χ2n) is 15.8. The van der Waals surface area contributed by atoms with Crippen molar-refractivity contribution in [3.8, 4) is 67.5 Å². The Bertz CT molecular complexity index is 3530. The summed E-state index contributed by atoms with van der Waals surface area (Å²) in [7, 11) is 0. The second kappa shape index (κ2) is 14.7. The normalized spacial score (nSPS) is 11.5. The third-order valence-electron chi connectivity index (χ3n) is 12.1. The molecule has 290 valence electrons. The average molecular weight is 791 g/mol. The predicted molar refractivity (Wildman–Crippen MR) is 258 cm³/mol. The molecular formula is C58H38N4. The fraction of sp³-hybridized carbons (Fsp3) is 0. The Labute approximate surface area is 359 Å².